The molecule has 1 atom stereocenters. The van der Waals surface area contributed by atoms with E-state index in [2.05, 4.69) is 127 Å². The van der Waals surface area contributed by atoms with Crippen LogP contribution in [-0.4, -0.2) is 15.0 Å². The van der Waals surface area contributed by atoms with Gasteiger partial charge in [0.1, 0.15) is 0 Å². The second-order valence-electron chi connectivity index (χ2n) is 13.1. The number of hydrogen-bond donors (Lipinski definition) is 0. The van der Waals surface area contributed by atoms with Crippen molar-refractivity contribution < 1.29 is 0 Å². The molecular formula is C46H27N3S2. The van der Waals surface area contributed by atoms with E-state index in [0.717, 1.165) is 16.7 Å². The maximum absolute atomic E-state index is 5.08. The molecule has 11 rings (SSSR count). The molecule has 238 valence electrons. The SMILES string of the molecule is c1ccc(-c2nc(-c3ccccc3)nc(-c3ccc4c(c3)Sc3ccccc3C43c4ccccc4-c4cc5sc6ccccc6c5cc43)n2)cc1. The fourth-order valence-electron chi connectivity index (χ4n) is 8.20. The molecule has 1 aliphatic carbocycles. The molecule has 2 aliphatic rings. The van der Waals surface area contributed by atoms with Crippen molar-refractivity contribution in [3.05, 3.63) is 186 Å². The van der Waals surface area contributed by atoms with Crippen molar-refractivity contribution in [2.45, 2.75) is 15.2 Å². The molecule has 0 amide bonds. The van der Waals surface area contributed by atoms with E-state index in [1.54, 1.807) is 0 Å². The third-order valence-corrected chi connectivity index (χ3v) is 12.7. The molecule has 2 aromatic heterocycles. The highest BCUT2D eigenvalue weighted by atomic mass is 32.2. The van der Waals surface area contributed by atoms with Gasteiger partial charge in [-0.15, -0.1) is 11.3 Å². The summed E-state index contributed by atoms with van der Waals surface area (Å²) in [6, 6.07) is 59.0. The van der Waals surface area contributed by atoms with Crippen molar-refractivity contribution in [3.63, 3.8) is 0 Å². The number of fused-ring (bicyclic) bond motifs is 12. The van der Waals surface area contributed by atoms with E-state index in [0.29, 0.717) is 17.5 Å². The number of rotatable bonds is 3. The van der Waals surface area contributed by atoms with Gasteiger partial charge in [-0.05, 0) is 63.7 Å². The van der Waals surface area contributed by atoms with Gasteiger partial charge in [0.15, 0.2) is 17.5 Å². The number of aromatic nitrogens is 3. The minimum Gasteiger partial charge on any atom is -0.208 e. The summed E-state index contributed by atoms with van der Waals surface area (Å²) in [6.07, 6.45) is 0. The standard InChI is InChI=1S/C46H27N3S2/c1-3-13-28(14-4-1)43-47-44(29-15-5-2-6-16-29)49-45(48-43)30-23-24-37-42(25-30)51-40-22-12-10-20-36(40)46(37)35-19-9-7-17-31(35)33-27-41-34(26-38(33)46)32-18-8-11-21-39(32)50-41/h1-27H. The Hall–Kier alpha value is -5.88. The summed E-state index contributed by atoms with van der Waals surface area (Å²) in [7, 11) is 0. The van der Waals surface area contributed by atoms with Gasteiger partial charge in [-0.3, -0.25) is 0 Å². The van der Waals surface area contributed by atoms with Gasteiger partial charge < -0.3 is 0 Å². The van der Waals surface area contributed by atoms with Crippen molar-refractivity contribution >= 4 is 43.3 Å². The van der Waals surface area contributed by atoms with Gasteiger partial charge in [0.05, 0.1) is 5.41 Å². The van der Waals surface area contributed by atoms with E-state index < -0.39 is 5.41 Å². The van der Waals surface area contributed by atoms with Crippen LogP contribution in [0, 0.1) is 0 Å². The largest absolute Gasteiger partial charge is 0.208 e. The van der Waals surface area contributed by atoms with Gasteiger partial charge in [-0.1, -0.05) is 145 Å². The lowest BCUT2D eigenvalue weighted by Gasteiger charge is -2.39. The molecule has 0 saturated carbocycles. The van der Waals surface area contributed by atoms with Crippen molar-refractivity contribution in [3.8, 4) is 45.3 Å². The molecule has 0 saturated heterocycles. The van der Waals surface area contributed by atoms with Crippen molar-refractivity contribution in [2.75, 3.05) is 0 Å². The van der Waals surface area contributed by atoms with Gasteiger partial charge in [0, 0.05) is 46.7 Å². The summed E-state index contributed by atoms with van der Waals surface area (Å²) < 4.78 is 2.65. The van der Waals surface area contributed by atoms with E-state index >= 15 is 0 Å². The Labute approximate surface area is 303 Å². The van der Waals surface area contributed by atoms with Gasteiger partial charge in [-0.25, -0.2) is 15.0 Å². The third-order valence-electron chi connectivity index (χ3n) is 10.4. The Morgan fingerprint density at radius 3 is 1.75 bits per heavy atom. The molecule has 0 radical (unpaired) electrons. The van der Waals surface area contributed by atoms with Crippen LogP contribution in [0.25, 0.3) is 65.5 Å². The van der Waals surface area contributed by atoms with Gasteiger partial charge in [-0.2, -0.15) is 0 Å². The number of nitrogens with zero attached hydrogens (tertiary/aromatic N) is 3. The molecule has 7 aromatic carbocycles. The third kappa shape index (κ3) is 4.22. The molecular weight excluding hydrogens is 659 g/mol. The Balaban J connectivity index is 1.17. The zero-order valence-corrected chi connectivity index (χ0v) is 28.9. The van der Waals surface area contributed by atoms with Crippen LogP contribution in [0.15, 0.2) is 174 Å². The van der Waals surface area contributed by atoms with Crippen molar-refractivity contribution in [1.29, 1.82) is 0 Å². The summed E-state index contributed by atoms with van der Waals surface area (Å²) in [6.45, 7) is 0. The second kappa shape index (κ2) is 11.1. The van der Waals surface area contributed by atoms with Crippen LogP contribution in [0.3, 0.4) is 0 Å². The monoisotopic (exact) mass is 685 g/mol. The zero-order chi connectivity index (χ0) is 33.5. The Bertz CT molecular complexity index is 2790. The van der Waals surface area contributed by atoms with E-state index in [9.17, 15) is 0 Å². The van der Waals surface area contributed by atoms with Crippen LogP contribution >= 0.6 is 23.1 Å². The summed E-state index contributed by atoms with van der Waals surface area (Å²) in [5, 5.41) is 2.64. The van der Waals surface area contributed by atoms with Crippen LogP contribution < -0.4 is 0 Å². The first-order valence-corrected chi connectivity index (χ1v) is 18.7. The molecule has 0 bridgehead atoms. The van der Waals surface area contributed by atoms with Crippen LogP contribution in [0.1, 0.15) is 22.3 Å². The van der Waals surface area contributed by atoms with E-state index in [1.165, 1.54) is 63.3 Å². The predicted molar refractivity (Wildman–Crippen MR) is 210 cm³/mol. The maximum atomic E-state index is 5.08. The fourth-order valence-corrected chi connectivity index (χ4v) is 10.6. The first kappa shape index (κ1) is 28.9. The lowest BCUT2D eigenvalue weighted by atomic mass is 9.67. The fraction of sp³-hybridized carbons (Fsp3) is 0.0217. The second-order valence-corrected chi connectivity index (χ2v) is 15.3. The Kier molecular flexibility index (Phi) is 6.27. The molecule has 5 heteroatoms. The lowest BCUT2D eigenvalue weighted by Crippen LogP contribution is -2.32. The Morgan fingerprint density at radius 1 is 0.373 bits per heavy atom. The average Bonchev–Trinajstić information content (AvgIpc) is 3.70. The topological polar surface area (TPSA) is 38.7 Å². The van der Waals surface area contributed by atoms with Gasteiger partial charge in [0.2, 0.25) is 0 Å². The smallest absolute Gasteiger partial charge is 0.164 e. The molecule has 3 heterocycles. The summed E-state index contributed by atoms with van der Waals surface area (Å²) in [5.41, 5.74) is 10.4. The molecule has 0 N–H and O–H groups in total. The maximum Gasteiger partial charge on any atom is 0.164 e. The average molecular weight is 686 g/mol. The number of hydrogen-bond acceptors (Lipinski definition) is 5. The molecule has 3 nitrogen and oxygen atoms in total. The van der Waals surface area contributed by atoms with E-state index in [1.807, 2.05) is 59.5 Å². The zero-order valence-electron chi connectivity index (χ0n) is 27.2. The minimum atomic E-state index is -0.470. The molecule has 51 heavy (non-hydrogen) atoms. The quantitative estimate of drug-likeness (QED) is 0.186. The summed E-state index contributed by atoms with van der Waals surface area (Å²) >= 11 is 3.73. The molecule has 1 aliphatic heterocycles. The predicted octanol–water partition coefficient (Wildman–Crippen LogP) is 12.1. The van der Waals surface area contributed by atoms with Crippen LogP contribution in [-0.2, 0) is 5.41 Å². The van der Waals surface area contributed by atoms with Crippen molar-refractivity contribution in [2.24, 2.45) is 0 Å². The summed E-state index contributed by atoms with van der Waals surface area (Å²) in [4.78, 5) is 17.6. The first-order valence-electron chi connectivity index (χ1n) is 17.1. The van der Waals surface area contributed by atoms with Gasteiger partial charge >= 0.3 is 0 Å². The van der Waals surface area contributed by atoms with Crippen molar-refractivity contribution in [1.82, 2.24) is 15.0 Å². The van der Waals surface area contributed by atoms with Crippen LogP contribution in [0.2, 0.25) is 0 Å². The van der Waals surface area contributed by atoms with Crippen LogP contribution in [0.4, 0.5) is 0 Å². The normalized spacial score (nSPS) is 15.5. The molecule has 1 spiro atoms. The highest BCUT2D eigenvalue weighted by Crippen LogP contribution is 2.63. The highest BCUT2D eigenvalue weighted by Gasteiger charge is 2.50. The molecule has 1 unspecified atom stereocenters. The van der Waals surface area contributed by atoms with E-state index in [4.69, 9.17) is 15.0 Å². The number of benzene rings is 7. The summed E-state index contributed by atoms with van der Waals surface area (Å²) in [5.74, 6) is 1.99. The van der Waals surface area contributed by atoms with Crippen LogP contribution in [0.5, 0.6) is 0 Å². The molecule has 9 aromatic rings. The minimum absolute atomic E-state index is 0.470. The number of thiophene rings is 1. The molecule has 0 fully saturated rings. The first-order chi connectivity index (χ1) is 25.3. The van der Waals surface area contributed by atoms with E-state index in [-0.39, 0.29) is 0 Å². The Morgan fingerprint density at radius 2 is 0.980 bits per heavy atom. The lowest BCUT2D eigenvalue weighted by molar-refractivity contribution is 0.723. The van der Waals surface area contributed by atoms with Gasteiger partial charge in [0.25, 0.3) is 0 Å². The highest BCUT2D eigenvalue weighted by molar-refractivity contribution is 7.99.